The zero-order valence-corrected chi connectivity index (χ0v) is 11.2. The van der Waals surface area contributed by atoms with Gasteiger partial charge >= 0.3 is 16.3 Å². The van der Waals surface area contributed by atoms with Gasteiger partial charge in [0.15, 0.2) is 0 Å². The van der Waals surface area contributed by atoms with Crippen LogP contribution in [-0.2, 0) is 14.3 Å². The van der Waals surface area contributed by atoms with Crippen LogP contribution in [0.1, 0.15) is 34.1 Å². The molecule has 0 aromatic heterocycles. The van der Waals surface area contributed by atoms with E-state index in [9.17, 15) is 9.59 Å². The predicted molar refractivity (Wildman–Crippen MR) is 61.7 cm³/mol. The summed E-state index contributed by atoms with van der Waals surface area (Å²) in [5, 5.41) is 8.64. The largest absolute Gasteiger partial charge is 0.479 e. The molecule has 94 valence electrons. The summed E-state index contributed by atoms with van der Waals surface area (Å²) in [6.07, 6.45) is 0.120. The summed E-state index contributed by atoms with van der Waals surface area (Å²) in [5.41, 5.74) is -0.299. The van der Waals surface area contributed by atoms with Gasteiger partial charge in [0, 0.05) is 0 Å². The summed E-state index contributed by atoms with van der Waals surface area (Å²) in [6.45, 7) is 7.45. The van der Waals surface area contributed by atoms with Gasteiger partial charge in [-0.05, 0) is 11.8 Å². The molecule has 0 saturated carbocycles. The summed E-state index contributed by atoms with van der Waals surface area (Å²) in [5.74, 6) is -2.78. The Morgan fingerprint density at radius 2 is 1.75 bits per heavy atom. The molecule has 0 aromatic carbocycles. The lowest BCUT2D eigenvalue weighted by Crippen LogP contribution is -2.41. The Labute approximate surface area is 105 Å². The minimum Gasteiger partial charge on any atom is -0.479 e. The third-order valence-corrected chi connectivity index (χ3v) is 2.74. The second-order valence-electron chi connectivity index (χ2n) is 4.55. The Kier molecular flexibility index (Phi) is 5.08. The molecule has 0 aliphatic heterocycles. The van der Waals surface area contributed by atoms with Gasteiger partial charge in [0.25, 0.3) is 0 Å². The van der Waals surface area contributed by atoms with Crippen molar-refractivity contribution in [3.63, 3.8) is 0 Å². The molecule has 0 rings (SSSR count). The normalized spacial score (nSPS) is 14.4. The first-order valence-electron chi connectivity index (χ1n) is 4.85. The highest BCUT2D eigenvalue weighted by Crippen LogP contribution is 2.29. The Bertz CT molecular complexity index is 281. The van der Waals surface area contributed by atoms with Crippen LogP contribution in [0.5, 0.6) is 0 Å². The molecule has 16 heavy (non-hydrogen) atoms. The standard InChI is InChI=1S/C10H16Cl2O4/c1-5-6(9(2,3)4)16-8(15)10(11,12)7(13)14/h6H,5H2,1-4H3,(H,13,14). The molecule has 0 heterocycles. The molecule has 6 heteroatoms. The molecule has 0 radical (unpaired) electrons. The van der Waals surface area contributed by atoms with Crippen LogP contribution in [0.3, 0.4) is 0 Å². The predicted octanol–water partition coefficient (Wildman–Crippen LogP) is 2.61. The first-order valence-corrected chi connectivity index (χ1v) is 5.61. The van der Waals surface area contributed by atoms with E-state index in [1.807, 2.05) is 27.7 Å². The van der Waals surface area contributed by atoms with E-state index in [-0.39, 0.29) is 5.41 Å². The fraction of sp³-hybridized carbons (Fsp3) is 0.800. The zero-order valence-electron chi connectivity index (χ0n) is 9.71. The average Bonchev–Trinajstić information content (AvgIpc) is 2.11. The fourth-order valence-corrected chi connectivity index (χ4v) is 1.25. The Balaban J connectivity index is 4.74. The van der Waals surface area contributed by atoms with E-state index in [0.717, 1.165) is 0 Å². The van der Waals surface area contributed by atoms with Crippen molar-refractivity contribution in [2.75, 3.05) is 0 Å². The maximum atomic E-state index is 11.5. The molecule has 4 nitrogen and oxygen atoms in total. The SMILES string of the molecule is CCC(OC(=O)C(Cl)(Cl)C(=O)O)C(C)(C)C. The van der Waals surface area contributed by atoms with Crippen LogP contribution in [0, 0.1) is 5.41 Å². The molecule has 0 aliphatic carbocycles. The van der Waals surface area contributed by atoms with Crippen LogP contribution in [0.4, 0.5) is 0 Å². The lowest BCUT2D eigenvalue weighted by Gasteiger charge is -2.30. The minimum atomic E-state index is -2.54. The van der Waals surface area contributed by atoms with Gasteiger partial charge in [-0.25, -0.2) is 9.59 Å². The molecule has 0 fully saturated rings. The number of carboxylic acid groups (broad SMARTS) is 1. The highest BCUT2D eigenvalue weighted by molar-refractivity contribution is 6.66. The van der Waals surface area contributed by atoms with E-state index in [1.165, 1.54) is 0 Å². The highest BCUT2D eigenvalue weighted by atomic mass is 35.5. The number of alkyl halides is 2. The number of carboxylic acids is 1. The van der Waals surface area contributed by atoms with Crippen molar-refractivity contribution in [2.24, 2.45) is 5.41 Å². The summed E-state index contributed by atoms with van der Waals surface area (Å²) in [4.78, 5) is 22.1. The number of carbonyl (C=O) groups is 2. The molecule has 0 bridgehead atoms. The maximum Gasteiger partial charge on any atom is 0.354 e. The van der Waals surface area contributed by atoms with E-state index in [2.05, 4.69) is 0 Å². The van der Waals surface area contributed by atoms with Crippen LogP contribution >= 0.6 is 23.2 Å². The van der Waals surface area contributed by atoms with Gasteiger partial charge in [0.2, 0.25) is 0 Å². The molecule has 0 spiro atoms. The number of hydrogen-bond acceptors (Lipinski definition) is 3. The van der Waals surface area contributed by atoms with Crippen LogP contribution in [-0.4, -0.2) is 27.5 Å². The van der Waals surface area contributed by atoms with E-state index in [4.69, 9.17) is 33.0 Å². The summed E-state index contributed by atoms with van der Waals surface area (Å²) in [6, 6.07) is 0. The molecule has 1 N–H and O–H groups in total. The van der Waals surface area contributed by atoms with Crippen molar-refractivity contribution in [1.82, 2.24) is 0 Å². The van der Waals surface area contributed by atoms with Crippen LogP contribution in [0.25, 0.3) is 0 Å². The molecule has 0 aromatic rings. The first-order chi connectivity index (χ1) is 7.03. The Morgan fingerprint density at radius 3 is 2.00 bits per heavy atom. The third kappa shape index (κ3) is 3.83. The minimum absolute atomic E-state index is 0.299. The van der Waals surface area contributed by atoms with Crippen LogP contribution in [0.2, 0.25) is 0 Å². The summed E-state index contributed by atoms with van der Waals surface area (Å²) < 4.78 is 2.46. The van der Waals surface area contributed by atoms with E-state index < -0.39 is 22.4 Å². The van der Waals surface area contributed by atoms with Gasteiger partial charge in [-0.15, -0.1) is 0 Å². The summed E-state index contributed by atoms with van der Waals surface area (Å²) in [7, 11) is 0. The first kappa shape index (κ1) is 15.5. The number of ether oxygens (including phenoxy) is 1. The topological polar surface area (TPSA) is 63.6 Å². The number of esters is 1. The van der Waals surface area contributed by atoms with Crippen molar-refractivity contribution < 1.29 is 19.4 Å². The van der Waals surface area contributed by atoms with Crippen molar-refractivity contribution in [3.8, 4) is 0 Å². The van der Waals surface area contributed by atoms with Crippen LogP contribution in [0.15, 0.2) is 0 Å². The molecular weight excluding hydrogens is 255 g/mol. The molecule has 1 unspecified atom stereocenters. The average molecular weight is 271 g/mol. The quantitative estimate of drug-likeness (QED) is 0.485. The van der Waals surface area contributed by atoms with Crippen LogP contribution < -0.4 is 0 Å². The van der Waals surface area contributed by atoms with Crippen molar-refractivity contribution >= 4 is 35.1 Å². The highest BCUT2D eigenvalue weighted by Gasteiger charge is 2.46. The van der Waals surface area contributed by atoms with E-state index >= 15 is 0 Å². The van der Waals surface area contributed by atoms with E-state index in [1.54, 1.807) is 0 Å². The van der Waals surface area contributed by atoms with Gasteiger partial charge in [-0.1, -0.05) is 50.9 Å². The van der Waals surface area contributed by atoms with Crippen molar-refractivity contribution in [1.29, 1.82) is 0 Å². The third-order valence-electron chi connectivity index (χ3n) is 2.11. The number of rotatable bonds is 4. The van der Waals surface area contributed by atoms with Gasteiger partial charge < -0.3 is 9.84 Å². The molecule has 0 aliphatic rings. The maximum absolute atomic E-state index is 11.5. The van der Waals surface area contributed by atoms with Gasteiger partial charge in [-0.3, -0.25) is 0 Å². The lowest BCUT2D eigenvalue weighted by atomic mass is 9.87. The fourth-order valence-electron chi connectivity index (χ4n) is 1.16. The lowest BCUT2D eigenvalue weighted by molar-refractivity contribution is -0.161. The van der Waals surface area contributed by atoms with Crippen molar-refractivity contribution in [3.05, 3.63) is 0 Å². The molecule has 0 saturated heterocycles. The monoisotopic (exact) mass is 270 g/mol. The molecule has 1 atom stereocenters. The molecule has 0 amide bonds. The van der Waals surface area contributed by atoms with Gasteiger partial charge in [0.1, 0.15) is 6.10 Å². The number of carbonyl (C=O) groups excluding carboxylic acids is 1. The number of hydrogen-bond donors (Lipinski definition) is 1. The second-order valence-corrected chi connectivity index (χ2v) is 5.88. The van der Waals surface area contributed by atoms with Gasteiger partial charge in [-0.2, -0.15) is 0 Å². The Morgan fingerprint density at radius 1 is 1.31 bits per heavy atom. The van der Waals surface area contributed by atoms with Gasteiger partial charge in [0.05, 0.1) is 0 Å². The summed E-state index contributed by atoms with van der Waals surface area (Å²) >= 11 is 10.7. The molecular formula is C10H16Cl2O4. The Hall–Kier alpha value is -0.480. The zero-order chi connectivity index (χ0) is 13.1. The van der Waals surface area contributed by atoms with E-state index in [0.29, 0.717) is 6.42 Å². The van der Waals surface area contributed by atoms with Crippen molar-refractivity contribution in [2.45, 2.75) is 44.6 Å². The number of halogens is 2. The smallest absolute Gasteiger partial charge is 0.354 e. The number of aliphatic carboxylic acids is 1. The second kappa shape index (κ2) is 5.23.